The van der Waals surface area contributed by atoms with Gasteiger partial charge in [-0.2, -0.15) is 5.10 Å². The van der Waals surface area contributed by atoms with Crippen LogP contribution in [0.15, 0.2) is 54.6 Å². The molecule has 0 bridgehead atoms. The van der Waals surface area contributed by atoms with Crippen molar-refractivity contribution in [2.75, 3.05) is 7.11 Å². The Morgan fingerprint density at radius 3 is 2.59 bits per heavy atom. The molecule has 3 rings (SSSR count). The summed E-state index contributed by atoms with van der Waals surface area (Å²) in [6.45, 7) is 5.80. The van der Waals surface area contributed by atoms with Crippen molar-refractivity contribution in [3.8, 4) is 17.0 Å². The maximum Gasteiger partial charge on any atom is 0.161 e. The summed E-state index contributed by atoms with van der Waals surface area (Å²) in [5.41, 5.74) is 2.74. The van der Waals surface area contributed by atoms with Gasteiger partial charge in [0.15, 0.2) is 5.78 Å². The molecule has 1 aromatic heterocycles. The van der Waals surface area contributed by atoms with Gasteiger partial charge in [0.1, 0.15) is 11.4 Å². The van der Waals surface area contributed by atoms with E-state index >= 15 is 0 Å². The van der Waals surface area contributed by atoms with E-state index in [0.717, 1.165) is 28.3 Å². The monoisotopic (exact) mass is 412 g/mol. The number of nitrogens with zero attached hydrogens (tertiary/aromatic N) is 2. The van der Waals surface area contributed by atoms with Gasteiger partial charge in [-0.25, -0.2) is 0 Å². The van der Waals surface area contributed by atoms with E-state index in [2.05, 4.69) is 0 Å². The fraction of sp³-hybridized carbons (Fsp3) is 0.304. The zero-order chi connectivity index (χ0) is 21.0. The maximum atomic E-state index is 11.8. The molecule has 0 aliphatic heterocycles. The van der Waals surface area contributed by atoms with Gasteiger partial charge in [0, 0.05) is 10.6 Å². The van der Waals surface area contributed by atoms with E-state index in [1.807, 2.05) is 59.3 Å². The zero-order valence-corrected chi connectivity index (χ0v) is 17.9. The van der Waals surface area contributed by atoms with Crippen molar-refractivity contribution in [3.05, 3.63) is 70.9 Å². The van der Waals surface area contributed by atoms with Crippen molar-refractivity contribution < 1.29 is 14.3 Å². The fourth-order valence-electron chi connectivity index (χ4n) is 2.82. The lowest BCUT2D eigenvalue weighted by Gasteiger charge is -2.21. The highest BCUT2D eigenvalue weighted by Crippen LogP contribution is 2.27. The quantitative estimate of drug-likeness (QED) is 0.513. The molecule has 0 radical (unpaired) electrons. The molecule has 0 fully saturated rings. The minimum absolute atomic E-state index is 0.0268. The van der Waals surface area contributed by atoms with Crippen LogP contribution in [0.5, 0.6) is 5.75 Å². The summed E-state index contributed by atoms with van der Waals surface area (Å²) in [4.78, 5) is 11.8. The van der Waals surface area contributed by atoms with Crippen LogP contribution in [-0.2, 0) is 22.7 Å². The average molecular weight is 413 g/mol. The Kier molecular flexibility index (Phi) is 6.40. The minimum Gasteiger partial charge on any atom is -0.497 e. The molecule has 0 saturated carbocycles. The van der Waals surface area contributed by atoms with E-state index in [9.17, 15) is 4.79 Å². The molecule has 1 heterocycles. The number of carbonyl (C=O) groups is 1. The van der Waals surface area contributed by atoms with Crippen LogP contribution in [0, 0.1) is 0 Å². The second-order valence-electron chi connectivity index (χ2n) is 7.36. The normalized spacial score (nSPS) is 11.5. The molecule has 0 aliphatic rings. The van der Waals surface area contributed by atoms with Gasteiger partial charge in [-0.05, 0) is 50.6 Å². The molecule has 0 aliphatic carbocycles. The third-order valence-corrected chi connectivity index (χ3v) is 5.27. The van der Waals surface area contributed by atoms with E-state index in [1.54, 1.807) is 21.0 Å². The summed E-state index contributed by atoms with van der Waals surface area (Å²) < 4.78 is 13.1. The summed E-state index contributed by atoms with van der Waals surface area (Å²) in [5.74, 6) is 0.740. The number of aromatic nitrogens is 2. The van der Waals surface area contributed by atoms with Gasteiger partial charge in [0.2, 0.25) is 0 Å². The highest BCUT2D eigenvalue weighted by molar-refractivity contribution is 6.31. The number of hydrogen-bond acceptors (Lipinski definition) is 4. The van der Waals surface area contributed by atoms with Crippen molar-refractivity contribution in [2.24, 2.45) is 0 Å². The lowest BCUT2D eigenvalue weighted by Crippen LogP contribution is -2.32. The Morgan fingerprint density at radius 1 is 1.14 bits per heavy atom. The Morgan fingerprint density at radius 2 is 1.90 bits per heavy atom. The predicted molar refractivity (Wildman–Crippen MR) is 114 cm³/mol. The third kappa shape index (κ3) is 5.05. The van der Waals surface area contributed by atoms with E-state index in [0.29, 0.717) is 11.6 Å². The van der Waals surface area contributed by atoms with Gasteiger partial charge < -0.3 is 9.47 Å². The molecule has 0 saturated heterocycles. The van der Waals surface area contributed by atoms with Gasteiger partial charge in [0.05, 0.1) is 31.6 Å². The Balaban J connectivity index is 1.96. The molecule has 5 nitrogen and oxygen atoms in total. The first-order chi connectivity index (χ1) is 13.8. The van der Waals surface area contributed by atoms with Gasteiger partial charge in [-0.3, -0.25) is 9.48 Å². The van der Waals surface area contributed by atoms with Crippen LogP contribution in [0.1, 0.15) is 32.0 Å². The van der Waals surface area contributed by atoms with E-state index < -0.39 is 5.60 Å². The Labute approximate surface area is 176 Å². The van der Waals surface area contributed by atoms with E-state index in [1.165, 1.54) is 6.92 Å². The standard InChI is InChI=1S/C23H25ClN2O3/c1-16(27)23(2,3)29-15-19-13-22(17-9-7-10-20(12-17)28-4)26(25-19)14-18-8-5-6-11-21(18)24/h5-13H,14-15H2,1-4H3. The Bertz CT molecular complexity index is 1010. The molecular formula is C23H25ClN2O3. The van der Waals surface area contributed by atoms with E-state index in [-0.39, 0.29) is 12.4 Å². The summed E-state index contributed by atoms with van der Waals surface area (Å²) in [7, 11) is 1.64. The zero-order valence-electron chi connectivity index (χ0n) is 17.1. The van der Waals surface area contributed by atoms with Crippen LogP contribution in [-0.4, -0.2) is 28.3 Å². The number of ketones is 1. The molecule has 0 atom stereocenters. The van der Waals surface area contributed by atoms with Crippen LogP contribution in [0.25, 0.3) is 11.3 Å². The van der Waals surface area contributed by atoms with Crippen molar-refractivity contribution in [3.63, 3.8) is 0 Å². The number of ether oxygens (including phenoxy) is 2. The second-order valence-corrected chi connectivity index (χ2v) is 7.76. The largest absolute Gasteiger partial charge is 0.497 e. The smallest absolute Gasteiger partial charge is 0.161 e. The molecule has 2 aromatic carbocycles. The SMILES string of the molecule is COc1cccc(-c2cc(COC(C)(C)C(C)=O)nn2Cc2ccccc2Cl)c1. The second kappa shape index (κ2) is 8.80. The number of rotatable bonds is 8. The third-order valence-electron chi connectivity index (χ3n) is 4.90. The van der Waals surface area contributed by atoms with Crippen LogP contribution in [0.4, 0.5) is 0 Å². The first-order valence-electron chi connectivity index (χ1n) is 9.39. The number of carbonyl (C=O) groups excluding carboxylic acids is 1. The number of benzene rings is 2. The van der Waals surface area contributed by atoms with Gasteiger partial charge >= 0.3 is 0 Å². The summed E-state index contributed by atoms with van der Waals surface area (Å²) in [6.07, 6.45) is 0. The van der Waals surface area contributed by atoms with Crippen molar-refractivity contribution in [2.45, 2.75) is 39.5 Å². The average Bonchev–Trinajstić information content (AvgIpc) is 3.11. The molecule has 0 unspecified atom stereocenters. The van der Waals surface area contributed by atoms with Crippen molar-refractivity contribution in [1.82, 2.24) is 9.78 Å². The molecular weight excluding hydrogens is 388 g/mol. The molecule has 0 spiro atoms. The first kappa shape index (κ1) is 21.1. The maximum absolute atomic E-state index is 11.8. The van der Waals surface area contributed by atoms with Gasteiger partial charge in [0.25, 0.3) is 0 Å². The number of halogens is 1. The van der Waals surface area contributed by atoms with Crippen LogP contribution < -0.4 is 4.74 Å². The summed E-state index contributed by atoms with van der Waals surface area (Å²) >= 11 is 6.36. The summed E-state index contributed by atoms with van der Waals surface area (Å²) in [6, 6.07) is 17.5. The molecule has 6 heteroatoms. The molecule has 29 heavy (non-hydrogen) atoms. The van der Waals surface area contributed by atoms with E-state index in [4.69, 9.17) is 26.2 Å². The van der Waals surface area contributed by atoms with Crippen molar-refractivity contribution in [1.29, 1.82) is 0 Å². The lowest BCUT2D eigenvalue weighted by atomic mass is 10.1. The topological polar surface area (TPSA) is 53.4 Å². The highest BCUT2D eigenvalue weighted by Gasteiger charge is 2.25. The van der Waals surface area contributed by atoms with Crippen LogP contribution in [0.3, 0.4) is 0 Å². The minimum atomic E-state index is -0.858. The van der Waals surface area contributed by atoms with Gasteiger partial charge in [-0.1, -0.05) is 41.9 Å². The first-order valence-corrected chi connectivity index (χ1v) is 9.77. The molecule has 3 aromatic rings. The number of hydrogen-bond donors (Lipinski definition) is 0. The fourth-order valence-corrected chi connectivity index (χ4v) is 3.02. The lowest BCUT2D eigenvalue weighted by molar-refractivity contribution is -0.139. The highest BCUT2D eigenvalue weighted by atomic mass is 35.5. The molecule has 152 valence electrons. The number of methoxy groups -OCH3 is 1. The Hall–Kier alpha value is -2.63. The van der Waals surface area contributed by atoms with Gasteiger partial charge in [-0.15, -0.1) is 0 Å². The number of Topliss-reactive ketones (excluding diaryl/α,β-unsaturated/α-hetero) is 1. The van der Waals surface area contributed by atoms with Crippen LogP contribution in [0.2, 0.25) is 5.02 Å². The summed E-state index contributed by atoms with van der Waals surface area (Å²) in [5, 5.41) is 5.41. The molecule has 0 amide bonds. The predicted octanol–water partition coefficient (Wildman–Crippen LogP) is 5.14. The van der Waals surface area contributed by atoms with Crippen LogP contribution >= 0.6 is 11.6 Å². The molecule has 0 N–H and O–H groups in total. The van der Waals surface area contributed by atoms with Crippen molar-refractivity contribution >= 4 is 17.4 Å².